The Kier molecular flexibility index (Phi) is 5.57. The van der Waals surface area contributed by atoms with Gasteiger partial charge in [0.05, 0.1) is 12.8 Å². The summed E-state index contributed by atoms with van der Waals surface area (Å²) in [5.74, 6) is 1.34. The van der Waals surface area contributed by atoms with Crippen LogP contribution in [0.5, 0.6) is 5.75 Å². The maximum atomic E-state index is 12.8. The van der Waals surface area contributed by atoms with Gasteiger partial charge in [0.2, 0.25) is 0 Å². The van der Waals surface area contributed by atoms with Crippen molar-refractivity contribution in [1.82, 2.24) is 9.97 Å². The molecule has 0 radical (unpaired) electrons. The van der Waals surface area contributed by atoms with Crippen LogP contribution in [0, 0.1) is 6.92 Å². The third-order valence-electron chi connectivity index (χ3n) is 3.93. The normalized spacial score (nSPS) is 10.4. The van der Waals surface area contributed by atoms with E-state index in [2.05, 4.69) is 15.3 Å². The second-order valence-corrected chi connectivity index (χ2v) is 6.29. The zero-order valence-electron chi connectivity index (χ0n) is 15.2. The summed E-state index contributed by atoms with van der Waals surface area (Å²) in [4.78, 5) is 23.0. The van der Waals surface area contributed by atoms with Gasteiger partial charge in [0, 0.05) is 23.8 Å². The fraction of sp³-hybridized carbons (Fsp3) is 0.150. The Morgan fingerprint density at radius 2 is 1.85 bits per heavy atom. The van der Waals surface area contributed by atoms with Gasteiger partial charge in [0.15, 0.2) is 0 Å². The number of carbonyl (C=O) groups excluding carboxylic acids is 1. The molecule has 0 aliphatic heterocycles. The molecule has 0 atom stereocenters. The summed E-state index contributed by atoms with van der Waals surface area (Å²) in [5.41, 5.74) is 1.72. The summed E-state index contributed by atoms with van der Waals surface area (Å²) >= 11 is 6.07. The van der Waals surface area contributed by atoms with Crippen molar-refractivity contribution in [3.8, 4) is 5.75 Å². The van der Waals surface area contributed by atoms with Crippen molar-refractivity contribution in [3.05, 3.63) is 71.1 Å². The SMILES string of the molecule is COc1ccc(Cl)cc1Nc1cc(C(=O)N(C)c2ccccc2)nc(C)n1. The van der Waals surface area contributed by atoms with Crippen LogP contribution in [0.4, 0.5) is 17.2 Å². The molecule has 0 aliphatic carbocycles. The minimum atomic E-state index is -0.229. The lowest BCUT2D eigenvalue weighted by Crippen LogP contribution is -2.27. The van der Waals surface area contributed by atoms with Crippen LogP contribution in [0.3, 0.4) is 0 Å². The molecule has 1 N–H and O–H groups in total. The number of benzene rings is 2. The van der Waals surface area contributed by atoms with Gasteiger partial charge in [-0.3, -0.25) is 4.79 Å². The fourth-order valence-corrected chi connectivity index (χ4v) is 2.77. The summed E-state index contributed by atoms with van der Waals surface area (Å²) in [6.45, 7) is 1.74. The fourth-order valence-electron chi connectivity index (χ4n) is 2.60. The smallest absolute Gasteiger partial charge is 0.276 e. The number of aromatic nitrogens is 2. The predicted molar refractivity (Wildman–Crippen MR) is 107 cm³/mol. The van der Waals surface area contributed by atoms with Gasteiger partial charge in [-0.1, -0.05) is 29.8 Å². The number of nitrogens with one attached hydrogen (secondary N) is 1. The summed E-state index contributed by atoms with van der Waals surface area (Å²) in [6, 6.07) is 16.2. The van der Waals surface area contributed by atoms with Gasteiger partial charge in [-0.2, -0.15) is 0 Å². The Morgan fingerprint density at radius 1 is 1.11 bits per heavy atom. The van der Waals surface area contributed by atoms with Crippen molar-refractivity contribution in [2.75, 3.05) is 24.4 Å². The zero-order chi connectivity index (χ0) is 19.4. The minimum Gasteiger partial charge on any atom is -0.495 e. The molecule has 3 rings (SSSR count). The average molecular weight is 383 g/mol. The number of hydrogen-bond donors (Lipinski definition) is 1. The van der Waals surface area contributed by atoms with E-state index in [0.29, 0.717) is 28.1 Å². The Hall–Kier alpha value is -3.12. The number of amides is 1. The predicted octanol–water partition coefficient (Wildman–Crippen LogP) is 4.47. The van der Waals surface area contributed by atoms with Crippen LogP contribution in [0.1, 0.15) is 16.3 Å². The van der Waals surface area contributed by atoms with E-state index in [1.54, 1.807) is 50.2 Å². The van der Waals surface area contributed by atoms with Crippen LogP contribution in [-0.2, 0) is 0 Å². The molecule has 3 aromatic rings. The van der Waals surface area contributed by atoms with Gasteiger partial charge in [-0.15, -0.1) is 0 Å². The van der Waals surface area contributed by atoms with Crippen LogP contribution >= 0.6 is 11.6 Å². The molecule has 1 aromatic heterocycles. The molecule has 6 nitrogen and oxygen atoms in total. The van der Waals surface area contributed by atoms with Gasteiger partial charge in [0.25, 0.3) is 5.91 Å². The highest BCUT2D eigenvalue weighted by atomic mass is 35.5. The van der Waals surface area contributed by atoms with Gasteiger partial charge < -0.3 is 15.0 Å². The van der Waals surface area contributed by atoms with Crippen LogP contribution in [0.2, 0.25) is 5.02 Å². The first-order valence-electron chi connectivity index (χ1n) is 8.27. The number of rotatable bonds is 5. The highest BCUT2D eigenvalue weighted by Crippen LogP contribution is 2.30. The molecule has 1 amide bonds. The van der Waals surface area contributed by atoms with Crippen molar-refractivity contribution in [2.45, 2.75) is 6.92 Å². The van der Waals surface area contributed by atoms with E-state index in [0.717, 1.165) is 5.69 Å². The number of halogens is 1. The number of para-hydroxylation sites is 1. The lowest BCUT2D eigenvalue weighted by atomic mass is 10.2. The van der Waals surface area contributed by atoms with E-state index >= 15 is 0 Å². The Bertz CT molecular complexity index is 963. The molecule has 0 saturated heterocycles. The van der Waals surface area contributed by atoms with E-state index in [9.17, 15) is 4.79 Å². The Balaban J connectivity index is 1.91. The maximum Gasteiger partial charge on any atom is 0.276 e. The van der Waals surface area contributed by atoms with Gasteiger partial charge in [0.1, 0.15) is 23.1 Å². The molecule has 0 fully saturated rings. The Morgan fingerprint density at radius 3 is 2.56 bits per heavy atom. The number of carbonyl (C=O) groups is 1. The second-order valence-electron chi connectivity index (χ2n) is 5.85. The van der Waals surface area contributed by atoms with E-state index in [1.807, 2.05) is 30.3 Å². The molecule has 0 spiro atoms. The standard InChI is InChI=1S/C20H19ClN4O2/c1-13-22-17(20(26)25(2)15-7-5-4-6-8-15)12-19(23-13)24-16-11-14(21)9-10-18(16)27-3/h4-12H,1-3H3,(H,22,23,24). The second kappa shape index (κ2) is 8.05. The van der Waals surface area contributed by atoms with Gasteiger partial charge in [-0.25, -0.2) is 9.97 Å². The molecule has 1 heterocycles. The summed E-state index contributed by atoms with van der Waals surface area (Å²) in [5, 5.41) is 3.71. The van der Waals surface area contributed by atoms with E-state index in [-0.39, 0.29) is 11.6 Å². The van der Waals surface area contributed by atoms with Gasteiger partial charge in [-0.05, 0) is 37.3 Å². The van der Waals surface area contributed by atoms with E-state index in [4.69, 9.17) is 16.3 Å². The van der Waals surface area contributed by atoms with Crippen molar-refractivity contribution >= 4 is 34.7 Å². The first kappa shape index (κ1) is 18.7. The number of aryl methyl sites for hydroxylation is 1. The quantitative estimate of drug-likeness (QED) is 0.705. The number of hydrogen-bond acceptors (Lipinski definition) is 5. The molecule has 0 aliphatic rings. The van der Waals surface area contributed by atoms with E-state index in [1.165, 1.54) is 0 Å². The molecule has 0 unspecified atom stereocenters. The Labute approximate surface area is 162 Å². The van der Waals surface area contributed by atoms with Crippen molar-refractivity contribution < 1.29 is 9.53 Å². The number of methoxy groups -OCH3 is 1. The van der Waals surface area contributed by atoms with Crippen LogP contribution < -0.4 is 15.0 Å². The topological polar surface area (TPSA) is 67.3 Å². The lowest BCUT2D eigenvalue weighted by Gasteiger charge is -2.17. The maximum absolute atomic E-state index is 12.8. The summed E-state index contributed by atoms with van der Waals surface area (Å²) < 4.78 is 5.34. The molecule has 0 saturated carbocycles. The minimum absolute atomic E-state index is 0.229. The molecule has 0 bridgehead atoms. The number of anilines is 3. The molecule has 27 heavy (non-hydrogen) atoms. The van der Waals surface area contributed by atoms with Crippen LogP contribution in [0.15, 0.2) is 54.6 Å². The molecule has 7 heteroatoms. The highest BCUT2D eigenvalue weighted by molar-refractivity contribution is 6.31. The van der Waals surface area contributed by atoms with Crippen molar-refractivity contribution in [1.29, 1.82) is 0 Å². The average Bonchev–Trinajstić information content (AvgIpc) is 2.67. The summed E-state index contributed by atoms with van der Waals surface area (Å²) in [6.07, 6.45) is 0. The zero-order valence-corrected chi connectivity index (χ0v) is 16.0. The molecular formula is C20H19ClN4O2. The van der Waals surface area contributed by atoms with E-state index < -0.39 is 0 Å². The molecular weight excluding hydrogens is 364 g/mol. The number of nitrogens with zero attached hydrogens (tertiary/aromatic N) is 3. The van der Waals surface area contributed by atoms with Crippen LogP contribution in [-0.4, -0.2) is 30.0 Å². The molecule has 138 valence electrons. The number of ether oxygens (including phenoxy) is 1. The third-order valence-corrected chi connectivity index (χ3v) is 4.16. The van der Waals surface area contributed by atoms with Gasteiger partial charge >= 0.3 is 0 Å². The summed E-state index contributed by atoms with van der Waals surface area (Å²) in [7, 11) is 3.28. The largest absolute Gasteiger partial charge is 0.495 e. The van der Waals surface area contributed by atoms with Crippen molar-refractivity contribution in [3.63, 3.8) is 0 Å². The first-order chi connectivity index (χ1) is 13.0. The highest BCUT2D eigenvalue weighted by Gasteiger charge is 2.17. The van der Waals surface area contributed by atoms with Crippen LogP contribution in [0.25, 0.3) is 0 Å². The monoisotopic (exact) mass is 382 g/mol. The van der Waals surface area contributed by atoms with Crippen molar-refractivity contribution in [2.24, 2.45) is 0 Å². The molecule has 2 aromatic carbocycles. The third kappa shape index (κ3) is 4.35. The lowest BCUT2D eigenvalue weighted by molar-refractivity contribution is 0.0988. The first-order valence-corrected chi connectivity index (χ1v) is 8.65.